The number of benzene rings is 1. The first-order valence-electron chi connectivity index (χ1n) is 8.13. The van der Waals surface area contributed by atoms with E-state index in [1.165, 1.54) is 10.5 Å². The molecule has 0 aliphatic rings. The highest BCUT2D eigenvalue weighted by atomic mass is 16.1. The lowest BCUT2D eigenvalue weighted by molar-refractivity contribution is 0.749. The normalized spacial score (nSPS) is 10.9. The number of nitrogens with zero attached hydrogens (tertiary/aromatic N) is 4. The zero-order valence-electron chi connectivity index (χ0n) is 14.1. The van der Waals surface area contributed by atoms with Gasteiger partial charge in [0.05, 0.1) is 17.5 Å². The van der Waals surface area contributed by atoms with Gasteiger partial charge in [0, 0.05) is 6.20 Å². The number of nitrogens with one attached hydrogen (secondary N) is 1. The Morgan fingerprint density at radius 1 is 1.19 bits per heavy atom. The third kappa shape index (κ3) is 2.47. The van der Waals surface area contributed by atoms with Crippen LogP contribution in [0.4, 0.5) is 0 Å². The smallest absolute Gasteiger partial charge is 0.267 e. The molecule has 6 nitrogen and oxygen atoms in total. The summed E-state index contributed by atoms with van der Waals surface area (Å²) >= 11 is 0. The molecule has 1 aromatic carbocycles. The summed E-state index contributed by atoms with van der Waals surface area (Å²) < 4.78 is 3.07. The fourth-order valence-electron chi connectivity index (χ4n) is 3.00. The molecular weight excluding hydrogens is 326 g/mol. The second-order valence-corrected chi connectivity index (χ2v) is 6.17. The molecule has 0 spiro atoms. The van der Waals surface area contributed by atoms with Gasteiger partial charge < -0.3 is 4.57 Å². The standard InChI is InChI=1S/C20H15N5O/c1-13-5-7-14(8-6-13)12-25-18(22)15(11-21)10-16-19(25)23-17-4-2-3-9-24(17)20(16)26/h2-10,22H,12H2,1H3. The molecule has 0 atom stereocenters. The highest BCUT2D eigenvalue weighted by molar-refractivity contribution is 5.77. The number of nitriles is 1. The van der Waals surface area contributed by atoms with Crippen LogP contribution in [0, 0.1) is 23.7 Å². The van der Waals surface area contributed by atoms with Crippen LogP contribution in [0.5, 0.6) is 0 Å². The van der Waals surface area contributed by atoms with Crippen LogP contribution in [-0.4, -0.2) is 14.0 Å². The molecule has 0 fully saturated rings. The molecule has 3 aromatic heterocycles. The molecule has 0 saturated heterocycles. The van der Waals surface area contributed by atoms with Crippen LogP contribution in [0.1, 0.15) is 16.7 Å². The minimum absolute atomic E-state index is 0.0488. The molecule has 6 heteroatoms. The lowest BCUT2D eigenvalue weighted by atomic mass is 10.1. The minimum atomic E-state index is -0.250. The highest BCUT2D eigenvalue weighted by Crippen LogP contribution is 2.12. The monoisotopic (exact) mass is 341 g/mol. The molecule has 26 heavy (non-hydrogen) atoms. The van der Waals surface area contributed by atoms with Gasteiger partial charge in [0.2, 0.25) is 0 Å². The van der Waals surface area contributed by atoms with Gasteiger partial charge in [0.1, 0.15) is 22.9 Å². The Balaban J connectivity index is 2.08. The van der Waals surface area contributed by atoms with Crippen molar-refractivity contribution in [2.24, 2.45) is 0 Å². The van der Waals surface area contributed by atoms with Gasteiger partial charge in [0.15, 0.2) is 0 Å². The summed E-state index contributed by atoms with van der Waals surface area (Å²) in [6.07, 6.45) is 1.65. The van der Waals surface area contributed by atoms with Crippen molar-refractivity contribution in [3.8, 4) is 6.07 Å². The fraction of sp³-hybridized carbons (Fsp3) is 0.100. The summed E-state index contributed by atoms with van der Waals surface area (Å²) in [6.45, 7) is 2.37. The topological polar surface area (TPSA) is 86.9 Å². The predicted octanol–water partition coefficient (Wildman–Crippen LogP) is 2.36. The Bertz CT molecular complexity index is 1310. The summed E-state index contributed by atoms with van der Waals surface area (Å²) in [5.74, 6) is 0. The van der Waals surface area contributed by atoms with Crippen LogP contribution in [0.3, 0.4) is 0 Å². The van der Waals surface area contributed by atoms with Crippen molar-refractivity contribution in [3.05, 3.63) is 87.3 Å². The van der Waals surface area contributed by atoms with Gasteiger partial charge >= 0.3 is 0 Å². The lowest BCUT2D eigenvalue weighted by Crippen LogP contribution is -2.27. The summed E-state index contributed by atoms with van der Waals surface area (Å²) in [4.78, 5) is 17.4. The number of aryl methyl sites for hydroxylation is 1. The van der Waals surface area contributed by atoms with Gasteiger partial charge in [-0.15, -0.1) is 0 Å². The van der Waals surface area contributed by atoms with Crippen molar-refractivity contribution in [3.63, 3.8) is 0 Å². The first-order chi connectivity index (χ1) is 12.6. The summed E-state index contributed by atoms with van der Waals surface area (Å²) in [7, 11) is 0. The number of rotatable bonds is 2. The third-order valence-corrected chi connectivity index (χ3v) is 4.40. The predicted molar refractivity (Wildman–Crippen MR) is 97.8 cm³/mol. The van der Waals surface area contributed by atoms with Gasteiger partial charge in [-0.3, -0.25) is 14.6 Å². The minimum Gasteiger partial charge on any atom is -0.305 e. The first-order valence-corrected chi connectivity index (χ1v) is 8.13. The number of aromatic nitrogens is 3. The molecule has 0 aliphatic heterocycles. The zero-order valence-corrected chi connectivity index (χ0v) is 14.1. The summed E-state index contributed by atoms with van der Waals surface area (Å²) in [6, 6.07) is 16.7. The number of hydrogen-bond donors (Lipinski definition) is 1. The van der Waals surface area contributed by atoms with Gasteiger partial charge in [0.25, 0.3) is 5.56 Å². The maximum absolute atomic E-state index is 12.9. The van der Waals surface area contributed by atoms with E-state index in [-0.39, 0.29) is 16.6 Å². The molecule has 0 saturated carbocycles. The SMILES string of the molecule is Cc1ccc(Cn2c(=N)c(C#N)cc3c(=O)n4ccccc4nc32)cc1. The van der Waals surface area contributed by atoms with E-state index < -0.39 is 0 Å². The van der Waals surface area contributed by atoms with Gasteiger partial charge in [-0.2, -0.15) is 5.26 Å². The lowest BCUT2D eigenvalue weighted by Gasteiger charge is -2.13. The van der Waals surface area contributed by atoms with Crippen molar-refractivity contribution in [2.75, 3.05) is 0 Å². The van der Waals surface area contributed by atoms with Crippen LogP contribution in [-0.2, 0) is 6.54 Å². The Kier molecular flexibility index (Phi) is 3.63. The van der Waals surface area contributed by atoms with E-state index >= 15 is 0 Å². The summed E-state index contributed by atoms with van der Waals surface area (Å²) in [5.41, 5.74) is 2.98. The number of fused-ring (bicyclic) bond motifs is 2. The van der Waals surface area contributed by atoms with Crippen LogP contribution < -0.4 is 11.0 Å². The van der Waals surface area contributed by atoms with E-state index in [9.17, 15) is 10.1 Å². The van der Waals surface area contributed by atoms with E-state index in [1.807, 2.05) is 43.3 Å². The Morgan fingerprint density at radius 3 is 2.69 bits per heavy atom. The van der Waals surface area contributed by atoms with Crippen LogP contribution >= 0.6 is 0 Å². The van der Waals surface area contributed by atoms with E-state index in [2.05, 4.69) is 4.98 Å². The maximum Gasteiger partial charge on any atom is 0.267 e. The molecule has 4 rings (SSSR count). The fourth-order valence-corrected chi connectivity index (χ4v) is 3.00. The van der Waals surface area contributed by atoms with Crippen molar-refractivity contribution >= 4 is 16.7 Å². The molecule has 3 heterocycles. The Hall–Kier alpha value is -3.72. The van der Waals surface area contributed by atoms with E-state index in [0.29, 0.717) is 23.2 Å². The molecule has 0 amide bonds. The Morgan fingerprint density at radius 2 is 1.96 bits per heavy atom. The van der Waals surface area contributed by atoms with Crippen molar-refractivity contribution in [2.45, 2.75) is 13.5 Å². The average Bonchev–Trinajstić information content (AvgIpc) is 2.66. The quantitative estimate of drug-likeness (QED) is 0.568. The third-order valence-electron chi connectivity index (χ3n) is 4.40. The molecular formula is C20H15N5O. The van der Waals surface area contributed by atoms with E-state index in [0.717, 1.165) is 11.1 Å². The second kappa shape index (κ2) is 5.97. The van der Waals surface area contributed by atoms with Gasteiger partial charge in [-0.1, -0.05) is 35.9 Å². The van der Waals surface area contributed by atoms with Crippen molar-refractivity contribution < 1.29 is 0 Å². The van der Waals surface area contributed by atoms with Crippen molar-refractivity contribution in [1.29, 1.82) is 10.7 Å². The van der Waals surface area contributed by atoms with Gasteiger partial charge in [-0.25, -0.2) is 4.98 Å². The van der Waals surface area contributed by atoms with Crippen LogP contribution in [0.15, 0.2) is 59.5 Å². The zero-order chi connectivity index (χ0) is 18.3. The van der Waals surface area contributed by atoms with E-state index in [1.54, 1.807) is 22.9 Å². The molecule has 126 valence electrons. The van der Waals surface area contributed by atoms with E-state index in [4.69, 9.17) is 5.41 Å². The number of pyridine rings is 2. The van der Waals surface area contributed by atoms with Crippen LogP contribution in [0.2, 0.25) is 0 Å². The van der Waals surface area contributed by atoms with Crippen LogP contribution in [0.25, 0.3) is 16.7 Å². The van der Waals surface area contributed by atoms with Crippen molar-refractivity contribution in [1.82, 2.24) is 14.0 Å². The Labute approximate surface area is 148 Å². The molecule has 0 aliphatic carbocycles. The number of hydrogen-bond acceptors (Lipinski definition) is 4. The molecule has 0 bridgehead atoms. The molecule has 1 N–H and O–H groups in total. The molecule has 4 aromatic rings. The maximum atomic E-state index is 12.9. The first kappa shape index (κ1) is 15.8. The van der Waals surface area contributed by atoms with Gasteiger partial charge in [-0.05, 0) is 30.7 Å². The second-order valence-electron chi connectivity index (χ2n) is 6.17. The highest BCUT2D eigenvalue weighted by Gasteiger charge is 2.13. The summed E-state index contributed by atoms with van der Waals surface area (Å²) in [5, 5.41) is 18.1. The average molecular weight is 341 g/mol. The largest absolute Gasteiger partial charge is 0.305 e. The molecule has 0 unspecified atom stereocenters. The molecule has 0 radical (unpaired) electrons.